The number of nitrogen functional groups attached to an aromatic ring is 1. The van der Waals surface area contributed by atoms with Crippen molar-refractivity contribution in [2.75, 3.05) is 18.1 Å². The van der Waals surface area contributed by atoms with E-state index in [0.717, 1.165) is 24.1 Å². The van der Waals surface area contributed by atoms with Crippen LogP contribution in [0.3, 0.4) is 0 Å². The van der Waals surface area contributed by atoms with Crippen LogP contribution in [0.4, 0.5) is 11.4 Å². The summed E-state index contributed by atoms with van der Waals surface area (Å²) in [5, 5.41) is 3.47. The monoisotopic (exact) mass is 432 g/mol. The standard InChI is InChI=1S/C31H32N2/c1-5-21-18-24(19-22(6-2)30(21)33-4)31(23-15-16-29(32)20(3)17-23)27-13-9-7-11-25(27)26-12-8-10-14-28(26)31/h7-19,33H,5-6,32H2,1-4H3. The van der Waals surface area contributed by atoms with Gasteiger partial charge in [0.15, 0.2) is 0 Å². The molecule has 5 rings (SSSR count). The van der Waals surface area contributed by atoms with Crippen molar-refractivity contribution in [3.63, 3.8) is 0 Å². The number of fused-ring (bicyclic) bond motifs is 3. The molecular weight excluding hydrogens is 400 g/mol. The molecule has 0 aromatic heterocycles. The van der Waals surface area contributed by atoms with E-state index in [4.69, 9.17) is 5.73 Å². The van der Waals surface area contributed by atoms with Gasteiger partial charge < -0.3 is 11.1 Å². The van der Waals surface area contributed by atoms with E-state index < -0.39 is 0 Å². The van der Waals surface area contributed by atoms with Crippen LogP contribution in [0.25, 0.3) is 11.1 Å². The van der Waals surface area contributed by atoms with Crippen LogP contribution >= 0.6 is 0 Å². The van der Waals surface area contributed by atoms with Gasteiger partial charge in [-0.15, -0.1) is 0 Å². The van der Waals surface area contributed by atoms with Crippen LogP contribution in [-0.2, 0) is 18.3 Å². The van der Waals surface area contributed by atoms with Crippen molar-refractivity contribution in [3.05, 3.63) is 118 Å². The summed E-state index contributed by atoms with van der Waals surface area (Å²) < 4.78 is 0. The lowest BCUT2D eigenvalue weighted by atomic mass is 9.66. The molecule has 4 aromatic carbocycles. The fourth-order valence-corrected chi connectivity index (χ4v) is 5.80. The van der Waals surface area contributed by atoms with Crippen LogP contribution in [0, 0.1) is 6.92 Å². The smallest absolute Gasteiger partial charge is 0.0713 e. The Morgan fingerprint density at radius 1 is 0.727 bits per heavy atom. The van der Waals surface area contributed by atoms with Gasteiger partial charge in [0.25, 0.3) is 0 Å². The summed E-state index contributed by atoms with van der Waals surface area (Å²) in [4.78, 5) is 0. The normalized spacial score (nSPS) is 13.5. The number of benzene rings is 4. The molecule has 0 radical (unpaired) electrons. The van der Waals surface area contributed by atoms with Crippen LogP contribution < -0.4 is 11.1 Å². The van der Waals surface area contributed by atoms with Gasteiger partial charge in [0.05, 0.1) is 5.41 Å². The maximum Gasteiger partial charge on any atom is 0.0713 e. The second kappa shape index (κ2) is 8.12. The molecule has 0 bridgehead atoms. The van der Waals surface area contributed by atoms with Gasteiger partial charge in [0.2, 0.25) is 0 Å². The Hall–Kier alpha value is -3.52. The first-order valence-corrected chi connectivity index (χ1v) is 12.0. The van der Waals surface area contributed by atoms with Crippen molar-refractivity contribution in [3.8, 4) is 11.1 Å². The molecule has 0 aliphatic heterocycles. The lowest BCUT2D eigenvalue weighted by Gasteiger charge is -2.35. The molecule has 33 heavy (non-hydrogen) atoms. The second-order valence-corrected chi connectivity index (χ2v) is 9.04. The molecule has 0 amide bonds. The van der Waals surface area contributed by atoms with Crippen molar-refractivity contribution < 1.29 is 0 Å². The number of nitrogens with two attached hydrogens (primary N) is 1. The summed E-state index contributed by atoms with van der Waals surface area (Å²) >= 11 is 0. The summed E-state index contributed by atoms with van der Waals surface area (Å²) in [7, 11) is 2.03. The number of hydrogen-bond acceptors (Lipinski definition) is 2. The van der Waals surface area contributed by atoms with Gasteiger partial charge in [-0.05, 0) is 75.9 Å². The number of hydrogen-bond donors (Lipinski definition) is 2. The minimum absolute atomic E-state index is 0.383. The van der Waals surface area contributed by atoms with Crippen molar-refractivity contribution in [2.45, 2.75) is 39.0 Å². The topological polar surface area (TPSA) is 38.0 Å². The summed E-state index contributed by atoms with van der Waals surface area (Å²) in [6.45, 7) is 6.60. The molecule has 0 heterocycles. The highest BCUT2D eigenvalue weighted by molar-refractivity contribution is 5.86. The molecular formula is C31H32N2. The highest BCUT2D eigenvalue weighted by Crippen LogP contribution is 2.56. The Bertz CT molecular complexity index is 1280. The Labute approximate surface area is 197 Å². The van der Waals surface area contributed by atoms with Crippen molar-refractivity contribution >= 4 is 11.4 Å². The summed E-state index contributed by atoms with van der Waals surface area (Å²) in [5.74, 6) is 0. The predicted octanol–water partition coefficient (Wildman–Crippen LogP) is 7.11. The molecule has 0 saturated heterocycles. The molecule has 2 heteroatoms. The largest absolute Gasteiger partial charge is 0.399 e. The minimum atomic E-state index is -0.383. The van der Waals surface area contributed by atoms with Gasteiger partial charge in [-0.1, -0.05) is 86.6 Å². The third kappa shape index (κ3) is 3.01. The first-order chi connectivity index (χ1) is 16.1. The molecule has 1 aliphatic carbocycles. The molecule has 166 valence electrons. The van der Waals surface area contributed by atoms with Gasteiger partial charge in [-0.2, -0.15) is 0 Å². The second-order valence-electron chi connectivity index (χ2n) is 9.04. The SMILES string of the molecule is CCc1cc(C2(c3ccc(N)c(C)c3)c3ccccc3-c3ccccc32)cc(CC)c1NC. The Morgan fingerprint density at radius 2 is 1.27 bits per heavy atom. The van der Waals surface area contributed by atoms with E-state index in [1.165, 1.54) is 50.2 Å². The Morgan fingerprint density at radius 3 is 1.76 bits per heavy atom. The minimum Gasteiger partial charge on any atom is -0.399 e. The zero-order valence-electron chi connectivity index (χ0n) is 20.0. The summed E-state index contributed by atoms with van der Waals surface area (Å²) in [6.07, 6.45) is 1.97. The number of nitrogens with one attached hydrogen (secondary N) is 1. The van der Waals surface area contributed by atoms with Crippen LogP contribution in [0.1, 0.15) is 52.8 Å². The molecule has 0 atom stereocenters. The summed E-state index contributed by atoms with van der Waals surface area (Å²) in [6, 6.07) is 29.2. The zero-order valence-corrected chi connectivity index (χ0v) is 20.0. The molecule has 4 aromatic rings. The molecule has 2 nitrogen and oxygen atoms in total. The Kier molecular flexibility index (Phi) is 5.25. The van der Waals surface area contributed by atoms with E-state index in [2.05, 4.69) is 105 Å². The van der Waals surface area contributed by atoms with E-state index in [0.29, 0.717) is 0 Å². The van der Waals surface area contributed by atoms with Crippen LogP contribution in [-0.4, -0.2) is 7.05 Å². The zero-order chi connectivity index (χ0) is 23.2. The number of rotatable bonds is 5. The van der Waals surface area contributed by atoms with E-state index >= 15 is 0 Å². The Balaban J connectivity index is 1.97. The third-order valence-corrected chi connectivity index (χ3v) is 7.40. The first kappa shape index (κ1) is 21.3. The van der Waals surface area contributed by atoms with Crippen LogP contribution in [0.2, 0.25) is 0 Å². The lowest BCUT2D eigenvalue weighted by molar-refractivity contribution is 0.763. The summed E-state index contributed by atoms with van der Waals surface area (Å²) in [5.41, 5.74) is 19.8. The van der Waals surface area contributed by atoms with E-state index in [1.807, 2.05) is 7.05 Å². The van der Waals surface area contributed by atoms with Crippen molar-refractivity contribution in [1.29, 1.82) is 0 Å². The quantitative estimate of drug-likeness (QED) is 0.291. The molecule has 0 saturated carbocycles. The molecule has 0 unspecified atom stereocenters. The van der Waals surface area contributed by atoms with E-state index in [9.17, 15) is 0 Å². The maximum absolute atomic E-state index is 6.28. The van der Waals surface area contributed by atoms with Crippen LogP contribution in [0.5, 0.6) is 0 Å². The van der Waals surface area contributed by atoms with Gasteiger partial charge in [-0.25, -0.2) is 0 Å². The van der Waals surface area contributed by atoms with E-state index in [1.54, 1.807) is 0 Å². The van der Waals surface area contributed by atoms with Gasteiger partial charge in [0, 0.05) is 18.4 Å². The first-order valence-electron chi connectivity index (χ1n) is 12.0. The van der Waals surface area contributed by atoms with Crippen LogP contribution in [0.15, 0.2) is 78.9 Å². The molecule has 1 aliphatic rings. The van der Waals surface area contributed by atoms with Gasteiger partial charge in [-0.3, -0.25) is 0 Å². The third-order valence-electron chi connectivity index (χ3n) is 7.40. The fourth-order valence-electron chi connectivity index (χ4n) is 5.80. The van der Waals surface area contributed by atoms with Gasteiger partial charge in [0.1, 0.15) is 0 Å². The predicted molar refractivity (Wildman–Crippen MR) is 141 cm³/mol. The van der Waals surface area contributed by atoms with E-state index in [-0.39, 0.29) is 5.41 Å². The highest BCUT2D eigenvalue weighted by Gasteiger charge is 2.46. The molecule has 0 spiro atoms. The fraction of sp³-hybridized carbons (Fsp3) is 0.226. The lowest BCUT2D eigenvalue weighted by Crippen LogP contribution is -2.29. The van der Waals surface area contributed by atoms with Crippen molar-refractivity contribution in [2.24, 2.45) is 0 Å². The molecule has 3 N–H and O–H groups in total. The average molecular weight is 433 g/mol. The number of anilines is 2. The van der Waals surface area contributed by atoms with Crippen molar-refractivity contribution in [1.82, 2.24) is 0 Å². The number of aryl methyl sites for hydroxylation is 3. The van der Waals surface area contributed by atoms with Gasteiger partial charge >= 0.3 is 0 Å². The average Bonchev–Trinajstić information content (AvgIpc) is 3.16. The molecule has 0 fully saturated rings. The highest BCUT2D eigenvalue weighted by atomic mass is 14.8. The maximum atomic E-state index is 6.28.